The number of rotatable bonds is 5. The number of hydrogen-bond donors (Lipinski definition) is 0. The molecule has 0 aliphatic heterocycles. The Morgan fingerprint density at radius 1 is 1.54 bits per heavy atom. The summed E-state index contributed by atoms with van der Waals surface area (Å²) in [5.74, 6) is -1.36. The Labute approximate surface area is 76.3 Å². The molecule has 0 aliphatic rings. The van der Waals surface area contributed by atoms with Gasteiger partial charge < -0.3 is 14.2 Å². The molecule has 0 aliphatic carbocycles. The van der Waals surface area contributed by atoms with Gasteiger partial charge in [-0.05, 0) is 0 Å². The van der Waals surface area contributed by atoms with Crippen LogP contribution in [0.4, 0.5) is 0 Å². The third kappa shape index (κ3) is 4.97. The van der Waals surface area contributed by atoms with Crippen molar-refractivity contribution in [1.29, 1.82) is 0 Å². The van der Waals surface area contributed by atoms with Gasteiger partial charge in [-0.2, -0.15) is 0 Å². The number of carbonyl (C=O) groups is 2. The van der Waals surface area contributed by atoms with Crippen molar-refractivity contribution in [2.24, 2.45) is 0 Å². The van der Waals surface area contributed by atoms with Gasteiger partial charge in [0.05, 0.1) is 13.7 Å². The van der Waals surface area contributed by atoms with Crippen molar-refractivity contribution >= 4 is 11.9 Å². The molecule has 0 aromatic rings. The largest absolute Gasteiger partial charge is 0.464 e. The Balaban J connectivity index is 4.09. The van der Waals surface area contributed by atoms with Crippen LogP contribution in [0.1, 0.15) is 6.92 Å². The van der Waals surface area contributed by atoms with Crippen LogP contribution < -0.4 is 0 Å². The van der Waals surface area contributed by atoms with Gasteiger partial charge in [-0.15, -0.1) is 6.58 Å². The van der Waals surface area contributed by atoms with Crippen LogP contribution in [-0.2, 0) is 23.8 Å². The maximum atomic E-state index is 10.9. The van der Waals surface area contributed by atoms with Crippen molar-refractivity contribution in [1.82, 2.24) is 0 Å². The van der Waals surface area contributed by atoms with Crippen LogP contribution in [-0.4, -0.2) is 31.9 Å². The molecule has 0 spiro atoms. The summed E-state index contributed by atoms with van der Waals surface area (Å²) in [6.07, 6.45) is 0.125. The van der Waals surface area contributed by atoms with Crippen LogP contribution in [0.15, 0.2) is 12.7 Å². The van der Waals surface area contributed by atoms with Gasteiger partial charge in [0.1, 0.15) is 0 Å². The molecule has 0 bridgehead atoms. The number of methoxy groups -OCH3 is 1. The van der Waals surface area contributed by atoms with Crippen LogP contribution in [0.5, 0.6) is 0 Å². The minimum atomic E-state index is -1.31. The van der Waals surface area contributed by atoms with E-state index in [0.29, 0.717) is 0 Å². The van der Waals surface area contributed by atoms with Crippen LogP contribution in [0.25, 0.3) is 0 Å². The van der Waals surface area contributed by atoms with Crippen molar-refractivity contribution < 1.29 is 23.8 Å². The molecule has 1 unspecified atom stereocenters. The Morgan fingerprint density at radius 2 is 2.15 bits per heavy atom. The summed E-state index contributed by atoms with van der Waals surface area (Å²) in [6.45, 7) is 4.66. The molecule has 5 nitrogen and oxygen atoms in total. The first kappa shape index (κ1) is 11.6. The van der Waals surface area contributed by atoms with Gasteiger partial charge in [-0.3, -0.25) is 4.79 Å². The van der Waals surface area contributed by atoms with E-state index in [1.54, 1.807) is 0 Å². The van der Waals surface area contributed by atoms with Crippen LogP contribution in [0, 0.1) is 0 Å². The fourth-order valence-electron chi connectivity index (χ4n) is 0.553. The highest BCUT2D eigenvalue weighted by atomic mass is 16.7. The first-order valence-electron chi connectivity index (χ1n) is 3.59. The molecule has 0 saturated heterocycles. The second kappa shape index (κ2) is 6.19. The molecule has 74 valence electrons. The molecule has 5 heteroatoms. The third-order valence-electron chi connectivity index (χ3n) is 1.03. The highest BCUT2D eigenvalue weighted by molar-refractivity contribution is 5.77. The van der Waals surface area contributed by atoms with Crippen LogP contribution in [0.3, 0.4) is 0 Å². The highest BCUT2D eigenvalue weighted by Crippen LogP contribution is 1.98. The van der Waals surface area contributed by atoms with E-state index in [1.165, 1.54) is 20.1 Å². The van der Waals surface area contributed by atoms with Gasteiger partial charge in [0.25, 0.3) is 0 Å². The van der Waals surface area contributed by atoms with Gasteiger partial charge >= 0.3 is 18.2 Å². The fourth-order valence-corrected chi connectivity index (χ4v) is 0.553. The minimum absolute atomic E-state index is 0.104. The standard InChI is InChI=1S/C8H12O5/c1-4-5-12-8(7(10)11-3)13-6(2)9/h4,8H,1,5H2,2-3H3. The van der Waals surface area contributed by atoms with E-state index < -0.39 is 18.2 Å². The lowest BCUT2D eigenvalue weighted by Gasteiger charge is -2.13. The first-order chi connectivity index (χ1) is 6.11. The molecule has 0 heterocycles. The average molecular weight is 188 g/mol. The Bertz CT molecular complexity index is 199. The lowest BCUT2D eigenvalue weighted by molar-refractivity contribution is -0.195. The summed E-state index contributed by atoms with van der Waals surface area (Å²) in [5.41, 5.74) is 0. The lowest BCUT2D eigenvalue weighted by atomic mass is 10.6. The zero-order valence-electron chi connectivity index (χ0n) is 7.61. The van der Waals surface area contributed by atoms with E-state index in [2.05, 4.69) is 16.1 Å². The van der Waals surface area contributed by atoms with Crippen LogP contribution in [0.2, 0.25) is 0 Å². The van der Waals surface area contributed by atoms with Crippen LogP contribution >= 0.6 is 0 Å². The number of esters is 2. The molecule has 0 N–H and O–H groups in total. The molecular formula is C8H12O5. The first-order valence-corrected chi connectivity index (χ1v) is 3.59. The van der Waals surface area contributed by atoms with E-state index in [1.807, 2.05) is 0 Å². The van der Waals surface area contributed by atoms with E-state index in [-0.39, 0.29) is 6.61 Å². The molecule has 1 atom stereocenters. The molecule has 0 saturated carbocycles. The predicted molar refractivity (Wildman–Crippen MR) is 43.7 cm³/mol. The smallest absolute Gasteiger partial charge is 0.376 e. The fraction of sp³-hybridized carbons (Fsp3) is 0.500. The van der Waals surface area contributed by atoms with Gasteiger partial charge in [0.2, 0.25) is 0 Å². The van der Waals surface area contributed by atoms with Crippen molar-refractivity contribution in [3.8, 4) is 0 Å². The quantitative estimate of drug-likeness (QED) is 0.351. The molecule has 0 amide bonds. The van der Waals surface area contributed by atoms with Crippen molar-refractivity contribution in [3.63, 3.8) is 0 Å². The SMILES string of the molecule is C=CCOC(OC(C)=O)C(=O)OC. The summed E-state index contributed by atoms with van der Waals surface area (Å²) in [5, 5.41) is 0. The molecule has 0 aromatic heterocycles. The summed E-state index contributed by atoms with van der Waals surface area (Å²) < 4.78 is 13.7. The minimum Gasteiger partial charge on any atom is -0.464 e. The molecule has 0 rings (SSSR count). The molecule has 0 aromatic carbocycles. The Hall–Kier alpha value is -1.36. The molecule has 0 fully saturated rings. The normalized spacial score (nSPS) is 11.5. The molecule has 0 radical (unpaired) electrons. The number of carbonyl (C=O) groups excluding carboxylic acids is 2. The summed E-state index contributed by atoms with van der Waals surface area (Å²) in [4.78, 5) is 21.4. The zero-order valence-corrected chi connectivity index (χ0v) is 7.61. The monoisotopic (exact) mass is 188 g/mol. The van der Waals surface area contributed by atoms with E-state index in [9.17, 15) is 9.59 Å². The van der Waals surface area contributed by atoms with E-state index >= 15 is 0 Å². The van der Waals surface area contributed by atoms with Crippen molar-refractivity contribution in [3.05, 3.63) is 12.7 Å². The van der Waals surface area contributed by atoms with Gasteiger partial charge in [-0.1, -0.05) is 6.08 Å². The maximum Gasteiger partial charge on any atom is 0.376 e. The zero-order chi connectivity index (χ0) is 10.3. The summed E-state index contributed by atoms with van der Waals surface area (Å²) in [7, 11) is 1.18. The van der Waals surface area contributed by atoms with E-state index in [4.69, 9.17) is 4.74 Å². The van der Waals surface area contributed by atoms with Crippen molar-refractivity contribution in [2.75, 3.05) is 13.7 Å². The van der Waals surface area contributed by atoms with Crippen molar-refractivity contribution in [2.45, 2.75) is 13.2 Å². The topological polar surface area (TPSA) is 61.8 Å². The second-order valence-corrected chi connectivity index (χ2v) is 2.09. The highest BCUT2D eigenvalue weighted by Gasteiger charge is 2.22. The van der Waals surface area contributed by atoms with E-state index in [0.717, 1.165) is 0 Å². The van der Waals surface area contributed by atoms with Gasteiger partial charge in [0.15, 0.2) is 0 Å². The summed E-state index contributed by atoms with van der Waals surface area (Å²) >= 11 is 0. The second-order valence-electron chi connectivity index (χ2n) is 2.09. The third-order valence-corrected chi connectivity index (χ3v) is 1.03. The molecule has 13 heavy (non-hydrogen) atoms. The van der Waals surface area contributed by atoms with Gasteiger partial charge in [0, 0.05) is 6.92 Å². The predicted octanol–water partition coefficient (Wildman–Crippen LogP) is 0.251. The number of hydrogen-bond acceptors (Lipinski definition) is 5. The Kier molecular flexibility index (Phi) is 5.54. The average Bonchev–Trinajstić information content (AvgIpc) is 2.10. The molecular weight excluding hydrogens is 176 g/mol. The lowest BCUT2D eigenvalue weighted by Crippen LogP contribution is -2.30. The number of ether oxygens (including phenoxy) is 3. The maximum absolute atomic E-state index is 10.9. The summed E-state index contributed by atoms with van der Waals surface area (Å²) in [6, 6.07) is 0. The Morgan fingerprint density at radius 3 is 2.54 bits per heavy atom. The van der Waals surface area contributed by atoms with Gasteiger partial charge in [-0.25, -0.2) is 4.79 Å².